The number of aromatic nitrogens is 2. The summed E-state index contributed by atoms with van der Waals surface area (Å²) in [4.78, 5) is 16.2. The molecule has 26 heavy (non-hydrogen) atoms. The first-order valence-corrected chi connectivity index (χ1v) is 10.2. The zero-order valence-corrected chi connectivity index (χ0v) is 15.6. The Morgan fingerprint density at radius 2 is 2.19 bits per heavy atom. The first kappa shape index (κ1) is 18.6. The molecule has 2 aromatic heterocycles. The summed E-state index contributed by atoms with van der Waals surface area (Å²) < 4.78 is 18.6. The monoisotopic (exact) mass is 391 g/mol. The van der Waals surface area contributed by atoms with Crippen LogP contribution in [-0.2, 0) is 17.0 Å². The van der Waals surface area contributed by atoms with Crippen molar-refractivity contribution in [2.24, 2.45) is 0 Å². The average Bonchev–Trinajstić information content (AvgIpc) is 3.32. The van der Waals surface area contributed by atoms with Crippen LogP contribution in [0.5, 0.6) is 0 Å². The molecule has 0 unspecified atom stereocenters. The SMILES string of the molecule is O=C(CCc1nc(-c2ccsc2)no1)NCCSCc1ccccc1F. The molecule has 1 N–H and O–H groups in total. The Bertz CT molecular complexity index is 837. The molecule has 3 rings (SSSR count). The van der Waals surface area contributed by atoms with Crippen LogP contribution in [0.1, 0.15) is 17.9 Å². The average molecular weight is 391 g/mol. The lowest BCUT2D eigenvalue weighted by Crippen LogP contribution is -2.26. The second-order valence-corrected chi connectivity index (χ2v) is 7.40. The fourth-order valence-corrected chi connectivity index (χ4v) is 3.71. The van der Waals surface area contributed by atoms with Crippen LogP contribution < -0.4 is 5.32 Å². The van der Waals surface area contributed by atoms with E-state index in [-0.39, 0.29) is 11.7 Å². The van der Waals surface area contributed by atoms with E-state index in [1.165, 1.54) is 6.07 Å². The smallest absolute Gasteiger partial charge is 0.227 e. The number of thiophene rings is 1. The van der Waals surface area contributed by atoms with Crippen LogP contribution in [0.25, 0.3) is 11.4 Å². The van der Waals surface area contributed by atoms with Gasteiger partial charge in [0.2, 0.25) is 17.6 Å². The van der Waals surface area contributed by atoms with Crippen LogP contribution in [0, 0.1) is 5.82 Å². The zero-order valence-electron chi connectivity index (χ0n) is 14.0. The lowest BCUT2D eigenvalue weighted by Gasteiger charge is -2.05. The lowest BCUT2D eigenvalue weighted by atomic mass is 10.2. The van der Waals surface area contributed by atoms with Crippen molar-refractivity contribution in [3.8, 4) is 11.4 Å². The van der Waals surface area contributed by atoms with Gasteiger partial charge in [0, 0.05) is 41.8 Å². The number of carbonyl (C=O) groups is 1. The largest absolute Gasteiger partial charge is 0.355 e. The summed E-state index contributed by atoms with van der Waals surface area (Å²) in [6, 6.07) is 8.65. The summed E-state index contributed by atoms with van der Waals surface area (Å²) in [7, 11) is 0. The van der Waals surface area contributed by atoms with Gasteiger partial charge in [-0.3, -0.25) is 4.79 Å². The summed E-state index contributed by atoms with van der Waals surface area (Å²) in [5.41, 5.74) is 1.60. The molecule has 2 heterocycles. The van der Waals surface area contributed by atoms with E-state index in [2.05, 4.69) is 15.5 Å². The van der Waals surface area contributed by atoms with Crippen molar-refractivity contribution in [3.05, 3.63) is 58.4 Å². The molecule has 0 aliphatic heterocycles. The number of hydrogen-bond donors (Lipinski definition) is 1. The third kappa shape index (κ3) is 5.40. The van der Waals surface area contributed by atoms with E-state index in [1.54, 1.807) is 35.2 Å². The number of rotatable bonds is 9. The Morgan fingerprint density at radius 3 is 3.00 bits per heavy atom. The maximum absolute atomic E-state index is 13.5. The van der Waals surface area contributed by atoms with Crippen molar-refractivity contribution in [1.29, 1.82) is 0 Å². The Balaban J connectivity index is 1.31. The summed E-state index contributed by atoms with van der Waals surface area (Å²) in [6.45, 7) is 0.544. The topological polar surface area (TPSA) is 68.0 Å². The Hall–Kier alpha value is -2.19. The molecule has 0 radical (unpaired) electrons. The summed E-state index contributed by atoms with van der Waals surface area (Å²) in [5, 5.41) is 10.7. The van der Waals surface area contributed by atoms with Gasteiger partial charge in [-0.25, -0.2) is 4.39 Å². The number of hydrogen-bond acceptors (Lipinski definition) is 6. The highest BCUT2D eigenvalue weighted by Gasteiger charge is 2.10. The highest BCUT2D eigenvalue weighted by molar-refractivity contribution is 7.98. The number of thioether (sulfide) groups is 1. The zero-order chi connectivity index (χ0) is 18.2. The number of benzene rings is 1. The minimum Gasteiger partial charge on any atom is -0.355 e. The second-order valence-electron chi connectivity index (χ2n) is 5.52. The van der Waals surface area contributed by atoms with Gasteiger partial charge in [0.1, 0.15) is 5.82 Å². The number of aryl methyl sites for hydroxylation is 1. The van der Waals surface area contributed by atoms with Crippen molar-refractivity contribution in [2.75, 3.05) is 12.3 Å². The maximum Gasteiger partial charge on any atom is 0.227 e. The van der Waals surface area contributed by atoms with Crippen LogP contribution in [0.4, 0.5) is 4.39 Å². The summed E-state index contributed by atoms with van der Waals surface area (Å²) in [5.74, 6) is 2.07. The van der Waals surface area contributed by atoms with Gasteiger partial charge in [-0.2, -0.15) is 28.1 Å². The molecular weight excluding hydrogens is 373 g/mol. The molecular formula is C18H18FN3O2S2. The summed E-state index contributed by atoms with van der Waals surface area (Å²) in [6.07, 6.45) is 0.703. The first-order valence-electron chi connectivity index (χ1n) is 8.15. The van der Waals surface area contributed by atoms with Gasteiger partial charge in [-0.1, -0.05) is 23.4 Å². The molecule has 0 aliphatic rings. The highest BCUT2D eigenvalue weighted by atomic mass is 32.2. The van der Waals surface area contributed by atoms with Gasteiger partial charge in [0.05, 0.1) is 0 Å². The summed E-state index contributed by atoms with van der Waals surface area (Å²) >= 11 is 3.15. The van der Waals surface area contributed by atoms with E-state index in [0.29, 0.717) is 42.4 Å². The van der Waals surface area contributed by atoms with E-state index in [1.807, 2.05) is 22.9 Å². The molecule has 136 valence electrons. The molecule has 8 heteroatoms. The van der Waals surface area contributed by atoms with E-state index in [9.17, 15) is 9.18 Å². The molecule has 0 bridgehead atoms. The van der Waals surface area contributed by atoms with Crippen molar-refractivity contribution in [2.45, 2.75) is 18.6 Å². The number of amides is 1. The molecule has 0 spiro atoms. The van der Waals surface area contributed by atoms with E-state index < -0.39 is 0 Å². The molecule has 0 saturated heterocycles. The van der Waals surface area contributed by atoms with Gasteiger partial charge in [0.25, 0.3) is 0 Å². The molecule has 0 saturated carbocycles. The van der Waals surface area contributed by atoms with Gasteiger partial charge < -0.3 is 9.84 Å². The minimum atomic E-state index is -0.189. The number of nitrogens with one attached hydrogen (secondary N) is 1. The van der Waals surface area contributed by atoms with Crippen LogP contribution in [0.3, 0.4) is 0 Å². The van der Waals surface area contributed by atoms with Crippen molar-refractivity contribution in [1.82, 2.24) is 15.5 Å². The van der Waals surface area contributed by atoms with Crippen molar-refractivity contribution in [3.63, 3.8) is 0 Å². The van der Waals surface area contributed by atoms with E-state index in [4.69, 9.17) is 4.52 Å². The predicted octanol–water partition coefficient (Wildman–Crippen LogP) is 3.92. The van der Waals surface area contributed by atoms with Crippen molar-refractivity contribution >= 4 is 29.0 Å². The highest BCUT2D eigenvalue weighted by Crippen LogP contribution is 2.19. The molecule has 1 amide bonds. The van der Waals surface area contributed by atoms with E-state index in [0.717, 1.165) is 11.3 Å². The third-order valence-corrected chi connectivity index (χ3v) is 5.29. The number of halogens is 1. The van der Waals surface area contributed by atoms with Gasteiger partial charge in [-0.05, 0) is 23.1 Å². The van der Waals surface area contributed by atoms with Crippen LogP contribution in [0.2, 0.25) is 0 Å². The normalized spacial score (nSPS) is 10.8. The number of nitrogens with zero attached hydrogens (tertiary/aromatic N) is 2. The Kier molecular flexibility index (Phi) is 6.79. The quantitative estimate of drug-likeness (QED) is 0.560. The minimum absolute atomic E-state index is 0.0632. The lowest BCUT2D eigenvalue weighted by molar-refractivity contribution is -0.121. The predicted molar refractivity (Wildman–Crippen MR) is 102 cm³/mol. The first-order chi connectivity index (χ1) is 12.7. The molecule has 0 aliphatic carbocycles. The number of carbonyl (C=O) groups excluding carboxylic acids is 1. The molecule has 3 aromatic rings. The van der Waals surface area contributed by atoms with Gasteiger partial charge in [-0.15, -0.1) is 0 Å². The standard InChI is InChI=1S/C18H18FN3O2S2/c19-15-4-2-1-3-13(15)11-26-10-8-20-16(23)5-6-17-21-18(22-24-17)14-7-9-25-12-14/h1-4,7,9,12H,5-6,8,10-11H2,(H,20,23). The fraction of sp³-hybridized carbons (Fsp3) is 0.278. The maximum atomic E-state index is 13.5. The van der Waals surface area contributed by atoms with Gasteiger partial charge >= 0.3 is 0 Å². The van der Waals surface area contributed by atoms with Gasteiger partial charge in [0.15, 0.2) is 0 Å². The van der Waals surface area contributed by atoms with Crippen LogP contribution >= 0.6 is 23.1 Å². The molecule has 0 fully saturated rings. The Labute approximate surface area is 159 Å². The van der Waals surface area contributed by atoms with E-state index >= 15 is 0 Å². The molecule has 0 atom stereocenters. The van der Waals surface area contributed by atoms with Crippen LogP contribution in [-0.4, -0.2) is 28.3 Å². The third-order valence-electron chi connectivity index (χ3n) is 3.60. The van der Waals surface area contributed by atoms with Crippen LogP contribution in [0.15, 0.2) is 45.6 Å². The molecule has 5 nitrogen and oxygen atoms in total. The second kappa shape index (κ2) is 9.49. The van der Waals surface area contributed by atoms with Crippen molar-refractivity contribution < 1.29 is 13.7 Å². The fourth-order valence-electron chi connectivity index (χ4n) is 2.23. The Morgan fingerprint density at radius 1 is 1.31 bits per heavy atom. The molecule has 1 aromatic carbocycles.